The molecule has 0 saturated heterocycles. The lowest BCUT2D eigenvalue weighted by Gasteiger charge is -2.35. The topological polar surface area (TPSA) is 44.5 Å². The highest BCUT2D eigenvalue weighted by atomic mass is 16.7. The zero-order valence-electron chi connectivity index (χ0n) is 10.3. The molecule has 0 radical (unpaired) electrons. The third-order valence-electron chi connectivity index (χ3n) is 4.00. The van der Waals surface area contributed by atoms with E-state index in [4.69, 9.17) is 15.2 Å². The molecule has 2 aliphatic rings. The first-order valence-electron chi connectivity index (χ1n) is 6.39. The summed E-state index contributed by atoms with van der Waals surface area (Å²) >= 11 is 0. The maximum absolute atomic E-state index is 6.58. The van der Waals surface area contributed by atoms with E-state index in [0.717, 1.165) is 24.3 Å². The van der Waals surface area contributed by atoms with Gasteiger partial charge in [-0.15, -0.1) is 0 Å². The molecule has 0 atom stereocenters. The van der Waals surface area contributed by atoms with E-state index >= 15 is 0 Å². The molecule has 2 N–H and O–H groups in total. The standard InChI is InChI=1S/C14H19NO2/c1-10-7-12-13(17-9-16-12)8-11(10)14(15)5-3-2-4-6-14/h7-8H,2-6,9,15H2,1H3. The predicted molar refractivity (Wildman–Crippen MR) is 66.3 cm³/mol. The van der Waals surface area contributed by atoms with Crippen LogP contribution in [0, 0.1) is 6.92 Å². The van der Waals surface area contributed by atoms with Gasteiger partial charge >= 0.3 is 0 Å². The maximum Gasteiger partial charge on any atom is 0.231 e. The summed E-state index contributed by atoms with van der Waals surface area (Å²) in [5.41, 5.74) is 8.87. The van der Waals surface area contributed by atoms with Crippen LogP contribution in [0.4, 0.5) is 0 Å². The van der Waals surface area contributed by atoms with Crippen molar-refractivity contribution >= 4 is 0 Å². The Morgan fingerprint density at radius 1 is 1.06 bits per heavy atom. The van der Waals surface area contributed by atoms with E-state index in [1.54, 1.807) is 0 Å². The Hall–Kier alpha value is -1.22. The smallest absolute Gasteiger partial charge is 0.231 e. The van der Waals surface area contributed by atoms with E-state index in [1.807, 2.05) is 0 Å². The van der Waals surface area contributed by atoms with E-state index < -0.39 is 0 Å². The first-order valence-corrected chi connectivity index (χ1v) is 6.39. The summed E-state index contributed by atoms with van der Waals surface area (Å²) in [6.07, 6.45) is 5.91. The van der Waals surface area contributed by atoms with Crippen LogP contribution >= 0.6 is 0 Å². The van der Waals surface area contributed by atoms with Crippen molar-refractivity contribution in [2.75, 3.05) is 6.79 Å². The van der Waals surface area contributed by atoms with Crippen molar-refractivity contribution in [1.82, 2.24) is 0 Å². The minimum absolute atomic E-state index is 0.163. The highest BCUT2D eigenvalue weighted by molar-refractivity contribution is 5.50. The quantitative estimate of drug-likeness (QED) is 0.811. The van der Waals surface area contributed by atoms with Crippen molar-refractivity contribution in [2.45, 2.75) is 44.6 Å². The summed E-state index contributed by atoms with van der Waals surface area (Å²) in [4.78, 5) is 0. The highest BCUT2D eigenvalue weighted by Gasteiger charge is 2.32. The largest absolute Gasteiger partial charge is 0.454 e. The van der Waals surface area contributed by atoms with Gasteiger partial charge < -0.3 is 15.2 Å². The lowest BCUT2D eigenvalue weighted by atomic mass is 9.76. The molecule has 1 aliphatic heterocycles. The monoisotopic (exact) mass is 233 g/mol. The molecular weight excluding hydrogens is 214 g/mol. The maximum atomic E-state index is 6.58. The van der Waals surface area contributed by atoms with Crippen LogP contribution in [0.3, 0.4) is 0 Å². The summed E-state index contributed by atoms with van der Waals surface area (Å²) < 4.78 is 10.8. The average Bonchev–Trinajstić information content (AvgIpc) is 2.76. The van der Waals surface area contributed by atoms with E-state index in [2.05, 4.69) is 19.1 Å². The molecule has 1 aliphatic carbocycles. The van der Waals surface area contributed by atoms with Crippen molar-refractivity contribution in [1.29, 1.82) is 0 Å². The van der Waals surface area contributed by atoms with Gasteiger partial charge in [0, 0.05) is 5.54 Å². The van der Waals surface area contributed by atoms with Crippen LogP contribution in [0.5, 0.6) is 11.5 Å². The van der Waals surface area contributed by atoms with Gasteiger partial charge in [-0.1, -0.05) is 19.3 Å². The number of benzene rings is 1. The van der Waals surface area contributed by atoms with Crippen LogP contribution in [0.1, 0.15) is 43.2 Å². The van der Waals surface area contributed by atoms with Gasteiger partial charge in [0.1, 0.15) is 0 Å². The normalized spacial score (nSPS) is 21.5. The highest BCUT2D eigenvalue weighted by Crippen LogP contribution is 2.42. The summed E-state index contributed by atoms with van der Waals surface area (Å²) in [7, 11) is 0. The third-order valence-corrected chi connectivity index (χ3v) is 4.00. The van der Waals surface area contributed by atoms with Crippen LogP contribution < -0.4 is 15.2 Å². The molecular formula is C14H19NO2. The molecule has 0 amide bonds. The Morgan fingerprint density at radius 2 is 1.71 bits per heavy atom. The number of ether oxygens (including phenoxy) is 2. The van der Waals surface area contributed by atoms with Crippen molar-refractivity contribution in [3.8, 4) is 11.5 Å². The van der Waals surface area contributed by atoms with Gasteiger partial charge in [-0.05, 0) is 43.0 Å². The van der Waals surface area contributed by atoms with Crippen LogP contribution in [0.15, 0.2) is 12.1 Å². The molecule has 92 valence electrons. The molecule has 1 aromatic rings. The summed E-state index contributed by atoms with van der Waals surface area (Å²) in [5.74, 6) is 1.70. The Morgan fingerprint density at radius 3 is 2.41 bits per heavy atom. The molecule has 3 nitrogen and oxygen atoms in total. The second-order valence-electron chi connectivity index (χ2n) is 5.24. The fourth-order valence-electron chi connectivity index (χ4n) is 3.03. The van der Waals surface area contributed by atoms with Crippen molar-refractivity contribution in [3.05, 3.63) is 23.3 Å². The van der Waals surface area contributed by atoms with Crippen LogP contribution in [0.25, 0.3) is 0 Å². The molecule has 3 heteroatoms. The molecule has 1 aromatic carbocycles. The number of nitrogens with two attached hydrogens (primary N) is 1. The SMILES string of the molecule is Cc1cc2c(cc1C1(N)CCCCC1)OCO2. The molecule has 1 saturated carbocycles. The lowest BCUT2D eigenvalue weighted by molar-refractivity contribution is 0.173. The van der Waals surface area contributed by atoms with Gasteiger partial charge in [-0.2, -0.15) is 0 Å². The van der Waals surface area contributed by atoms with E-state index in [-0.39, 0.29) is 5.54 Å². The van der Waals surface area contributed by atoms with Crippen LogP contribution in [-0.2, 0) is 5.54 Å². The molecule has 0 aromatic heterocycles. The number of hydrogen-bond donors (Lipinski definition) is 1. The van der Waals surface area contributed by atoms with Crippen molar-refractivity contribution in [2.24, 2.45) is 5.73 Å². The van der Waals surface area contributed by atoms with Gasteiger partial charge in [-0.25, -0.2) is 0 Å². The molecule has 1 fully saturated rings. The van der Waals surface area contributed by atoms with E-state index in [0.29, 0.717) is 6.79 Å². The summed E-state index contributed by atoms with van der Waals surface area (Å²) in [5, 5.41) is 0. The molecule has 0 unspecified atom stereocenters. The lowest BCUT2D eigenvalue weighted by Crippen LogP contribution is -2.39. The zero-order valence-corrected chi connectivity index (χ0v) is 10.3. The number of aryl methyl sites for hydroxylation is 1. The van der Waals surface area contributed by atoms with Gasteiger partial charge in [0.25, 0.3) is 0 Å². The Labute approximate surface area is 102 Å². The summed E-state index contributed by atoms with van der Waals surface area (Å²) in [6.45, 7) is 2.44. The molecule has 3 rings (SSSR count). The van der Waals surface area contributed by atoms with Gasteiger partial charge in [0.15, 0.2) is 11.5 Å². The average molecular weight is 233 g/mol. The Balaban J connectivity index is 2.02. The van der Waals surface area contributed by atoms with Crippen molar-refractivity contribution < 1.29 is 9.47 Å². The minimum atomic E-state index is -0.163. The summed E-state index contributed by atoms with van der Waals surface area (Å²) in [6, 6.07) is 4.14. The number of hydrogen-bond acceptors (Lipinski definition) is 3. The first-order chi connectivity index (χ1) is 8.19. The third kappa shape index (κ3) is 1.78. The molecule has 0 spiro atoms. The van der Waals surface area contributed by atoms with Crippen molar-refractivity contribution in [3.63, 3.8) is 0 Å². The van der Waals surface area contributed by atoms with E-state index in [9.17, 15) is 0 Å². The molecule has 0 bridgehead atoms. The minimum Gasteiger partial charge on any atom is -0.454 e. The first kappa shape index (κ1) is 10.9. The molecule has 1 heterocycles. The van der Waals surface area contributed by atoms with Gasteiger partial charge in [0.2, 0.25) is 6.79 Å². The van der Waals surface area contributed by atoms with E-state index in [1.165, 1.54) is 30.4 Å². The fraction of sp³-hybridized carbons (Fsp3) is 0.571. The van der Waals surface area contributed by atoms with Gasteiger partial charge in [0.05, 0.1) is 0 Å². The number of rotatable bonds is 1. The zero-order chi connectivity index (χ0) is 11.9. The Bertz CT molecular complexity index is 436. The number of fused-ring (bicyclic) bond motifs is 1. The van der Waals surface area contributed by atoms with Crippen LogP contribution in [0.2, 0.25) is 0 Å². The molecule has 17 heavy (non-hydrogen) atoms. The predicted octanol–water partition coefficient (Wildman–Crippen LogP) is 2.84. The Kier molecular flexibility index (Phi) is 2.51. The second-order valence-corrected chi connectivity index (χ2v) is 5.24. The fourth-order valence-corrected chi connectivity index (χ4v) is 3.03. The van der Waals surface area contributed by atoms with Gasteiger partial charge in [-0.3, -0.25) is 0 Å². The second kappa shape index (κ2) is 3.91. The van der Waals surface area contributed by atoms with Crippen LogP contribution in [-0.4, -0.2) is 6.79 Å².